The summed E-state index contributed by atoms with van der Waals surface area (Å²) in [5.41, 5.74) is 0.738. The zero-order valence-electron chi connectivity index (χ0n) is 12.2. The smallest absolute Gasteiger partial charge is 0.277 e. The Bertz CT molecular complexity index is 655. The minimum atomic E-state index is -0.00561. The number of thioether (sulfide) groups is 1. The summed E-state index contributed by atoms with van der Waals surface area (Å²) in [6, 6.07) is 7.43. The van der Waals surface area contributed by atoms with E-state index in [1.54, 1.807) is 7.11 Å². The van der Waals surface area contributed by atoms with Gasteiger partial charge < -0.3 is 14.5 Å². The Morgan fingerprint density at radius 2 is 2.23 bits per heavy atom. The van der Waals surface area contributed by atoms with Crippen molar-refractivity contribution in [2.45, 2.75) is 18.1 Å². The fourth-order valence-corrected chi connectivity index (χ4v) is 2.55. The van der Waals surface area contributed by atoms with E-state index in [0.29, 0.717) is 22.8 Å². The third-order valence-electron chi connectivity index (χ3n) is 3.36. The standard InChI is InChI=1S/C15H17N3O3S/c1-20-12-5-3-2-4-11(12)14-17-18-15(21-14)22-9-13(19)16-8-10-6-7-10/h2-5,10H,6-9H2,1H3,(H,16,19). The van der Waals surface area contributed by atoms with Crippen LogP contribution in [0.15, 0.2) is 33.9 Å². The summed E-state index contributed by atoms with van der Waals surface area (Å²) in [5.74, 6) is 2.01. The highest BCUT2D eigenvalue weighted by atomic mass is 32.2. The second kappa shape index (κ2) is 6.83. The van der Waals surface area contributed by atoms with Crippen LogP contribution in [0.1, 0.15) is 12.8 Å². The molecule has 1 N–H and O–H groups in total. The first-order chi connectivity index (χ1) is 10.8. The Hall–Kier alpha value is -2.02. The van der Waals surface area contributed by atoms with Crippen LogP contribution in [0, 0.1) is 5.92 Å². The van der Waals surface area contributed by atoms with Crippen molar-refractivity contribution in [3.63, 3.8) is 0 Å². The third kappa shape index (κ3) is 3.79. The molecule has 7 heteroatoms. The quantitative estimate of drug-likeness (QED) is 0.790. The summed E-state index contributed by atoms with van der Waals surface area (Å²) in [6.45, 7) is 0.774. The molecule has 0 radical (unpaired) electrons. The zero-order valence-corrected chi connectivity index (χ0v) is 13.1. The predicted octanol–water partition coefficient (Wildman–Crippen LogP) is 2.36. The van der Waals surface area contributed by atoms with E-state index in [4.69, 9.17) is 9.15 Å². The van der Waals surface area contributed by atoms with Crippen LogP contribution in [-0.4, -0.2) is 35.5 Å². The summed E-state index contributed by atoms with van der Waals surface area (Å²) < 4.78 is 10.9. The normalized spacial score (nSPS) is 13.9. The van der Waals surface area contributed by atoms with Gasteiger partial charge in [-0.25, -0.2) is 0 Å². The average Bonchev–Trinajstić information content (AvgIpc) is 3.27. The molecule has 1 fully saturated rings. The molecular weight excluding hydrogens is 302 g/mol. The van der Waals surface area contributed by atoms with E-state index in [1.807, 2.05) is 24.3 Å². The van der Waals surface area contributed by atoms with Gasteiger partial charge in [0.1, 0.15) is 5.75 Å². The molecule has 0 atom stereocenters. The number of carbonyl (C=O) groups excluding carboxylic acids is 1. The van der Waals surface area contributed by atoms with Crippen LogP contribution >= 0.6 is 11.8 Å². The first-order valence-electron chi connectivity index (χ1n) is 7.12. The van der Waals surface area contributed by atoms with Gasteiger partial charge >= 0.3 is 0 Å². The molecule has 22 heavy (non-hydrogen) atoms. The van der Waals surface area contributed by atoms with E-state index in [-0.39, 0.29) is 11.7 Å². The number of nitrogens with zero attached hydrogens (tertiary/aromatic N) is 2. The van der Waals surface area contributed by atoms with Crippen molar-refractivity contribution in [3.05, 3.63) is 24.3 Å². The van der Waals surface area contributed by atoms with Crippen LogP contribution in [0.25, 0.3) is 11.5 Å². The Balaban J connectivity index is 1.57. The van der Waals surface area contributed by atoms with Crippen LogP contribution in [0.3, 0.4) is 0 Å². The molecule has 0 spiro atoms. The first-order valence-corrected chi connectivity index (χ1v) is 8.11. The van der Waals surface area contributed by atoms with Crippen LogP contribution < -0.4 is 10.1 Å². The van der Waals surface area contributed by atoms with Gasteiger partial charge in [-0.2, -0.15) is 0 Å². The maximum absolute atomic E-state index is 11.7. The number of amides is 1. The Morgan fingerprint density at radius 3 is 3.00 bits per heavy atom. The zero-order chi connectivity index (χ0) is 15.4. The Morgan fingerprint density at radius 1 is 1.41 bits per heavy atom. The van der Waals surface area contributed by atoms with Gasteiger partial charge in [0.2, 0.25) is 5.91 Å². The lowest BCUT2D eigenvalue weighted by Gasteiger charge is -2.03. The number of hydrogen-bond acceptors (Lipinski definition) is 6. The topological polar surface area (TPSA) is 77.2 Å². The van der Waals surface area contributed by atoms with Gasteiger partial charge in [0.15, 0.2) is 0 Å². The van der Waals surface area contributed by atoms with Gasteiger partial charge in [0, 0.05) is 6.54 Å². The van der Waals surface area contributed by atoms with E-state index < -0.39 is 0 Å². The van der Waals surface area contributed by atoms with Crippen molar-refractivity contribution in [2.24, 2.45) is 5.92 Å². The van der Waals surface area contributed by atoms with E-state index in [0.717, 1.165) is 12.1 Å². The second-order valence-corrected chi connectivity index (χ2v) is 6.04. The first kappa shape index (κ1) is 14.9. The van der Waals surface area contributed by atoms with Gasteiger partial charge in [-0.3, -0.25) is 4.79 Å². The van der Waals surface area contributed by atoms with Crippen LogP contribution in [-0.2, 0) is 4.79 Å². The Kier molecular flexibility index (Phi) is 4.62. The summed E-state index contributed by atoms with van der Waals surface area (Å²) >= 11 is 1.24. The molecule has 0 saturated heterocycles. The summed E-state index contributed by atoms with van der Waals surface area (Å²) in [5, 5.41) is 11.2. The molecule has 0 bridgehead atoms. The van der Waals surface area contributed by atoms with E-state index in [9.17, 15) is 4.79 Å². The van der Waals surface area contributed by atoms with Crippen molar-refractivity contribution >= 4 is 17.7 Å². The van der Waals surface area contributed by atoms with Gasteiger partial charge in [-0.1, -0.05) is 23.9 Å². The van der Waals surface area contributed by atoms with E-state index in [1.165, 1.54) is 24.6 Å². The number of methoxy groups -OCH3 is 1. The number of para-hydroxylation sites is 1. The maximum Gasteiger partial charge on any atom is 0.277 e. The molecule has 0 unspecified atom stereocenters. The van der Waals surface area contributed by atoms with Crippen molar-refractivity contribution in [2.75, 3.05) is 19.4 Å². The SMILES string of the molecule is COc1ccccc1-c1nnc(SCC(=O)NCC2CC2)o1. The molecule has 116 valence electrons. The summed E-state index contributed by atoms with van der Waals surface area (Å²) in [4.78, 5) is 11.7. The van der Waals surface area contributed by atoms with Crippen molar-refractivity contribution < 1.29 is 13.9 Å². The summed E-state index contributed by atoms with van der Waals surface area (Å²) in [6.07, 6.45) is 2.44. The highest BCUT2D eigenvalue weighted by Gasteiger charge is 2.21. The van der Waals surface area contributed by atoms with Gasteiger partial charge in [0.05, 0.1) is 18.4 Å². The number of carbonyl (C=O) groups is 1. The number of aromatic nitrogens is 2. The minimum Gasteiger partial charge on any atom is -0.496 e. The fourth-order valence-electron chi connectivity index (χ4n) is 1.96. The fraction of sp³-hybridized carbons (Fsp3) is 0.400. The molecule has 1 saturated carbocycles. The molecule has 1 aromatic carbocycles. The number of rotatable bonds is 7. The van der Waals surface area contributed by atoms with Crippen LogP contribution in [0.4, 0.5) is 0 Å². The molecular formula is C15H17N3O3S. The Labute approximate surface area is 132 Å². The van der Waals surface area contributed by atoms with Crippen molar-refractivity contribution in [3.8, 4) is 17.2 Å². The van der Waals surface area contributed by atoms with E-state index >= 15 is 0 Å². The number of hydrogen-bond donors (Lipinski definition) is 1. The monoisotopic (exact) mass is 319 g/mol. The highest BCUT2D eigenvalue weighted by molar-refractivity contribution is 7.99. The molecule has 1 aliphatic carbocycles. The van der Waals surface area contributed by atoms with Crippen LogP contribution in [0.2, 0.25) is 0 Å². The molecule has 1 aliphatic rings. The lowest BCUT2D eigenvalue weighted by Crippen LogP contribution is -2.27. The van der Waals surface area contributed by atoms with E-state index in [2.05, 4.69) is 15.5 Å². The maximum atomic E-state index is 11.7. The van der Waals surface area contributed by atoms with Crippen LogP contribution in [0.5, 0.6) is 5.75 Å². The summed E-state index contributed by atoms with van der Waals surface area (Å²) in [7, 11) is 1.59. The van der Waals surface area contributed by atoms with Crippen molar-refractivity contribution in [1.82, 2.24) is 15.5 Å². The third-order valence-corrected chi connectivity index (χ3v) is 4.17. The molecule has 1 amide bonds. The second-order valence-electron chi connectivity index (χ2n) is 5.11. The van der Waals surface area contributed by atoms with Gasteiger partial charge in [-0.05, 0) is 30.9 Å². The van der Waals surface area contributed by atoms with Gasteiger partial charge in [-0.15, -0.1) is 10.2 Å². The minimum absolute atomic E-state index is 0.00561. The average molecular weight is 319 g/mol. The predicted molar refractivity (Wildman–Crippen MR) is 82.7 cm³/mol. The molecule has 1 heterocycles. The number of nitrogens with one attached hydrogen (secondary N) is 1. The largest absolute Gasteiger partial charge is 0.496 e. The molecule has 3 rings (SSSR count). The molecule has 6 nitrogen and oxygen atoms in total. The molecule has 2 aromatic rings. The molecule has 1 aromatic heterocycles. The van der Waals surface area contributed by atoms with Gasteiger partial charge in [0.25, 0.3) is 11.1 Å². The molecule has 0 aliphatic heterocycles. The number of benzene rings is 1. The van der Waals surface area contributed by atoms with Crippen molar-refractivity contribution in [1.29, 1.82) is 0 Å². The highest BCUT2D eigenvalue weighted by Crippen LogP contribution is 2.30. The lowest BCUT2D eigenvalue weighted by atomic mass is 10.2. The lowest BCUT2D eigenvalue weighted by molar-refractivity contribution is -0.118. The number of ether oxygens (including phenoxy) is 1.